The molecule has 1 N–H and O–H groups in total. The average Bonchev–Trinajstić information content (AvgIpc) is 3.14. The van der Waals surface area contributed by atoms with Crippen LogP contribution >= 0.6 is 0 Å². The summed E-state index contributed by atoms with van der Waals surface area (Å²) in [4.78, 5) is 12.6. The van der Waals surface area contributed by atoms with Gasteiger partial charge in [-0.1, -0.05) is 26.7 Å². The molecule has 0 saturated heterocycles. The minimum Gasteiger partial charge on any atom is -0.350 e. The number of hydrogen-bond acceptors (Lipinski definition) is 4. The van der Waals surface area contributed by atoms with Crippen molar-refractivity contribution in [3.8, 4) is 6.07 Å². The van der Waals surface area contributed by atoms with E-state index in [4.69, 9.17) is 0 Å². The fraction of sp³-hybridized carbons (Fsp3) is 0.750. The number of fused-ring (bicyclic) bond motifs is 1. The first-order valence-corrected chi connectivity index (χ1v) is 8.20. The summed E-state index contributed by atoms with van der Waals surface area (Å²) in [7, 11) is 0. The van der Waals surface area contributed by atoms with Gasteiger partial charge in [-0.2, -0.15) is 5.26 Å². The molecule has 6 nitrogen and oxygen atoms in total. The number of hydrogen-bond donors (Lipinski definition) is 1. The van der Waals surface area contributed by atoms with Crippen molar-refractivity contribution in [2.75, 3.05) is 0 Å². The van der Waals surface area contributed by atoms with Crippen LogP contribution in [0.25, 0.3) is 0 Å². The van der Waals surface area contributed by atoms with E-state index in [-0.39, 0.29) is 11.9 Å². The molecule has 0 bridgehead atoms. The lowest BCUT2D eigenvalue weighted by molar-refractivity contribution is -0.128. The fourth-order valence-corrected chi connectivity index (χ4v) is 3.58. The van der Waals surface area contributed by atoms with Gasteiger partial charge in [-0.3, -0.25) is 4.79 Å². The quantitative estimate of drug-likeness (QED) is 0.924. The molecule has 0 aromatic carbocycles. The largest absolute Gasteiger partial charge is 0.350 e. The lowest BCUT2D eigenvalue weighted by Gasteiger charge is -2.29. The Labute approximate surface area is 130 Å². The number of amides is 1. The van der Waals surface area contributed by atoms with E-state index in [1.807, 2.05) is 0 Å². The van der Waals surface area contributed by atoms with Crippen LogP contribution in [0.4, 0.5) is 0 Å². The second-order valence-electron chi connectivity index (χ2n) is 6.85. The van der Waals surface area contributed by atoms with E-state index in [1.165, 1.54) is 0 Å². The Morgan fingerprint density at radius 3 is 2.77 bits per heavy atom. The molecule has 1 aromatic heterocycles. The van der Waals surface area contributed by atoms with Gasteiger partial charge in [0.05, 0.1) is 6.07 Å². The smallest absolute Gasteiger partial charge is 0.240 e. The maximum atomic E-state index is 12.6. The molecule has 3 rings (SSSR count). The van der Waals surface area contributed by atoms with Crippen molar-refractivity contribution in [3.63, 3.8) is 0 Å². The molecule has 1 aliphatic carbocycles. The van der Waals surface area contributed by atoms with E-state index >= 15 is 0 Å². The number of carbonyl (C=O) groups is 1. The predicted molar refractivity (Wildman–Crippen MR) is 80.9 cm³/mol. The van der Waals surface area contributed by atoms with Gasteiger partial charge in [0.15, 0.2) is 0 Å². The van der Waals surface area contributed by atoms with E-state index in [0.717, 1.165) is 37.3 Å². The van der Waals surface area contributed by atoms with Gasteiger partial charge in [0, 0.05) is 24.9 Å². The SMILES string of the molecule is CC(C)c1nnc2n1C[C@H](NC(=O)C1(C#N)CCCC1)CC2. The molecule has 2 aliphatic rings. The van der Waals surface area contributed by atoms with Gasteiger partial charge in [0.1, 0.15) is 17.1 Å². The summed E-state index contributed by atoms with van der Waals surface area (Å²) in [5, 5.41) is 21.0. The van der Waals surface area contributed by atoms with Crippen molar-refractivity contribution < 1.29 is 4.79 Å². The highest BCUT2D eigenvalue weighted by Gasteiger charge is 2.42. The summed E-state index contributed by atoms with van der Waals surface area (Å²) in [6.07, 6.45) is 5.01. The first-order valence-electron chi connectivity index (χ1n) is 8.20. The molecule has 1 saturated carbocycles. The van der Waals surface area contributed by atoms with Crippen LogP contribution in [0.15, 0.2) is 0 Å². The normalized spacial score (nSPS) is 23.1. The maximum absolute atomic E-state index is 12.6. The lowest BCUT2D eigenvalue weighted by Crippen LogP contribution is -2.47. The molecule has 0 spiro atoms. The monoisotopic (exact) mass is 301 g/mol. The van der Waals surface area contributed by atoms with Gasteiger partial charge in [-0.05, 0) is 19.3 Å². The van der Waals surface area contributed by atoms with Crippen LogP contribution in [0.2, 0.25) is 0 Å². The highest BCUT2D eigenvalue weighted by molar-refractivity contribution is 5.86. The molecular formula is C16H23N5O. The van der Waals surface area contributed by atoms with Crippen molar-refractivity contribution in [1.29, 1.82) is 5.26 Å². The highest BCUT2D eigenvalue weighted by atomic mass is 16.2. The van der Waals surface area contributed by atoms with Crippen LogP contribution in [-0.2, 0) is 17.8 Å². The molecule has 0 unspecified atom stereocenters. The topological polar surface area (TPSA) is 83.6 Å². The summed E-state index contributed by atoms with van der Waals surface area (Å²) in [6, 6.07) is 2.34. The van der Waals surface area contributed by atoms with E-state index in [0.29, 0.717) is 25.3 Å². The summed E-state index contributed by atoms with van der Waals surface area (Å²) >= 11 is 0. The Morgan fingerprint density at radius 1 is 1.41 bits per heavy atom. The predicted octanol–water partition coefficient (Wildman–Crippen LogP) is 1.92. The highest BCUT2D eigenvalue weighted by Crippen LogP contribution is 2.37. The van der Waals surface area contributed by atoms with Gasteiger partial charge in [-0.15, -0.1) is 10.2 Å². The van der Waals surface area contributed by atoms with E-state index in [2.05, 4.69) is 40.0 Å². The molecule has 1 amide bonds. The second kappa shape index (κ2) is 5.71. The van der Waals surface area contributed by atoms with Crippen molar-refractivity contribution >= 4 is 5.91 Å². The molecule has 1 atom stereocenters. The molecule has 1 fully saturated rings. The number of nitriles is 1. The van der Waals surface area contributed by atoms with E-state index < -0.39 is 5.41 Å². The fourth-order valence-electron chi connectivity index (χ4n) is 3.58. The van der Waals surface area contributed by atoms with Crippen molar-refractivity contribution in [1.82, 2.24) is 20.1 Å². The van der Waals surface area contributed by atoms with E-state index in [1.54, 1.807) is 0 Å². The molecule has 0 radical (unpaired) electrons. The van der Waals surface area contributed by atoms with E-state index in [9.17, 15) is 10.1 Å². The number of carbonyl (C=O) groups excluding carboxylic acids is 1. The maximum Gasteiger partial charge on any atom is 0.240 e. The first kappa shape index (κ1) is 15.0. The molecule has 1 aliphatic heterocycles. The third kappa shape index (κ3) is 2.49. The Bertz CT molecular complexity index is 607. The minimum atomic E-state index is -0.797. The molecule has 118 valence electrons. The van der Waals surface area contributed by atoms with Gasteiger partial charge >= 0.3 is 0 Å². The Balaban J connectivity index is 1.71. The summed E-state index contributed by atoms with van der Waals surface area (Å²) < 4.78 is 2.13. The third-order valence-corrected chi connectivity index (χ3v) is 4.93. The van der Waals surface area contributed by atoms with Gasteiger partial charge < -0.3 is 9.88 Å². The number of aromatic nitrogens is 3. The Hall–Kier alpha value is -1.90. The van der Waals surface area contributed by atoms with Gasteiger partial charge in [0.25, 0.3) is 0 Å². The zero-order chi connectivity index (χ0) is 15.7. The van der Waals surface area contributed by atoms with Crippen LogP contribution in [0.3, 0.4) is 0 Å². The van der Waals surface area contributed by atoms with Gasteiger partial charge in [0.2, 0.25) is 5.91 Å². The van der Waals surface area contributed by atoms with Gasteiger partial charge in [-0.25, -0.2) is 0 Å². The van der Waals surface area contributed by atoms with Crippen LogP contribution in [-0.4, -0.2) is 26.7 Å². The zero-order valence-electron chi connectivity index (χ0n) is 13.3. The minimum absolute atomic E-state index is 0.0688. The summed E-state index contributed by atoms with van der Waals surface area (Å²) in [6.45, 7) is 4.91. The van der Waals surface area contributed by atoms with Crippen molar-refractivity contribution in [2.45, 2.75) is 70.9 Å². The summed E-state index contributed by atoms with van der Waals surface area (Å²) in [5.41, 5.74) is -0.797. The van der Waals surface area contributed by atoms with Crippen LogP contribution in [0.5, 0.6) is 0 Å². The molecule has 6 heteroatoms. The van der Waals surface area contributed by atoms with Crippen LogP contribution < -0.4 is 5.32 Å². The molecular weight excluding hydrogens is 278 g/mol. The average molecular weight is 301 g/mol. The molecule has 2 heterocycles. The number of nitrogens with zero attached hydrogens (tertiary/aromatic N) is 4. The van der Waals surface area contributed by atoms with Crippen LogP contribution in [0, 0.1) is 16.7 Å². The van der Waals surface area contributed by atoms with Crippen molar-refractivity contribution in [2.24, 2.45) is 5.41 Å². The second-order valence-corrected chi connectivity index (χ2v) is 6.85. The standard InChI is InChI=1S/C16H23N5O/c1-11(2)14-20-19-13-6-5-12(9-21(13)14)18-15(22)16(10-17)7-3-4-8-16/h11-12H,3-9H2,1-2H3,(H,18,22)/t12-/m1/s1. The number of aryl methyl sites for hydroxylation is 1. The van der Waals surface area contributed by atoms with Crippen LogP contribution in [0.1, 0.15) is 63.5 Å². The van der Waals surface area contributed by atoms with Crippen molar-refractivity contribution in [3.05, 3.63) is 11.6 Å². The number of rotatable bonds is 3. The zero-order valence-corrected chi connectivity index (χ0v) is 13.3. The molecule has 22 heavy (non-hydrogen) atoms. The molecule has 1 aromatic rings. The first-order chi connectivity index (χ1) is 10.6. The third-order valence-electron chi connectivity index (χ3n) is 4.93. The Morgan fingerprint density at radius 2 is 2.14 bits per heavy atom. The lowest BCUT2D eigenvalue weighted by atomic mass is 9.86. The number of nitrogens with one attached hydrogen (secondary N) is 1. The Kier molecular flexibility index (Phi) is 3.90. The summed E-state index contributed by atoms with van der Waals surface area (Å²) in [5.74, 6) is 2.21.